The van der Waals surface area contributed by atoms with Crippen LogP contribution in [0.3, 0.4) is 0 Å². The Kier molecular flexibility index (Phi) is 5.51. The van der Waals surface area contributed by atoms with Crippen LogP contribution in [-0.4, -0.2) is 59.6 Å². The topological polar surface area (TPSA) is 45.7 Å². The van der Waals surface area contributed by atoms with E-state index in [1.54, 1.807) is 7.11 Å². The van der Waals surface area contributed by atoms with Gasteiger partial charge in [-0.1, -0.05) is 6.07 Å². The maximum absolute atomic E-state index is 12.5. The molecule has 0 radical (unpaired) electrons. The van der Waals surface area contributed by atoms with Gasteiger partial charge in [0.15, 0.2) is 0 Å². The summed E-state index contributed by atoms with van der Waals surface area (Å²) >= 11 is 0. The van der Waals surface area contributed by atoms with Crippen molar-refractivity contribution in [2.24, 2.45) is 0 Å². The lowest BCUT2D eigenvalue weighted by molar-refractivity contribution is -0.147. The Morgan fingerprint density at radius 1 is 1.29 bits per heavy atom. The Balaban J connectivity index is 1.73. The molecule has 3 rings (SSSR count). The van der Waals surface area contributed by atoms with E-state index in [-0.39, 0.29) is 5.54 Å². The van der Waals surface area contributed by atoms with Crippen molar-refractivity contribution in [1.82, 2.24) is 14.8 Å². The molecule has 2 aliphatic heterocycles. The fourth-order valence-corrected chi connectivity index (χ4v) is 4.33. The summed E-state index contributed by atoms with van der Waals surface area (Å²) in [5, 5.41) is 0. The van der Waals surface area contributed by atoms with E-state index in [1.807, 2.05) is 13.0 Å². The van der Waals surface area contributed by atoms with Crippen molar-refractivity contribution in [2.45, 2.75) is 51.1 Å². The number of carbonyl (C=O) groups is 1. The van der Waals surface area contributed by atoms with Gasteiger partial charge in [-0.25, -0.2) is 0 Å². The van der Waals surface area contributed by atoms with Crippen LogP contribution >= 0.6 is 0 Å². The summed E-state index contributed by atoms with van der Waals surface area (Å²) in [5.41, 5.74) is 2.18. The molecule has 132 valence electrons. The average Bonchev–Trinajstić information content (AvgIpc) is 2.55. The van der Waals surface area contributed by atoms with E-state index in [0.29, 0.717) is 25.5 Å². The summed E-state index contributed by atoms with van der Waals surface area (Å²) in [6.07, 6.45) is 5.06. The number of likely N-dealkylation sites (tertiary alicyclic amines) is 2. The number of hydrogen-bond donors (Lipinski definition) is 0. The lowest BCUT2D eigenvalue weighted by atomic mass is 9.79. The van der Waals surface area contributed by atoms with Gasteiger partial charge in [-0.05, 0) is 51.3 Å². The van der Waals surface area contributed by atoms with Gasteiger partial charge in [0.05, 0.1) is 17.8 Å². The highest BCUT2D eigenvalue weighted by atomic mass is 16.5. The van der Waals surface area contributed by atoms with Gasteiger partial charge in [0.25, 0.3) is 0 Å². The number of amides is 1. The molecule has 2 fully saturated rings. The minimum absolute atomic E-state index is 0.00403. The van der Waals surface area contributed by atoms with Crippen molar-refractivity contribution in [2.75, 3.05) is 33.4 Å². The number of methoxy groups -OCH3 is 1. The standard InChI is InChI=1S/C19H29N3O2/c1-16-6-3-7-17(20-16)14-21-11-5-10-19(15-21)9-4-8-18(23)22(19)12-13-24-2/h3,6-7H,4-5,8-15H2,1-2H3. The van der Waals surface area contributed by atoms with Crippen LogP contribution in [0.4, 0.5) is 0 Å². The van der Waals surface area contributed by atoms with Crippen molar-refractivity contribution in [3.63, 3.8) is 0 Å². The summed E-state index contributed by atoms with van der Waals surface area (Å²) < 4.78 is 5.25. The van der Waals surface area contributed by atoms with Crippen LogP contribution in [0.5, 0.6) is 0 Å². The van der Waals surface area contributed by atoms with Gasteiger partial charge < -0.3 is 9.64 Å². The van der Waals surface area contributed by atoms with Gasteiger partial charge in [0, 0.05) is 38.9 Å². The summed E-state index contributed by atoms with van der Waals surface area (Å²) in [4.78, 5) is 21.8. The van der Waals surface area contributed by atoms with E-state index in [0.717, 1.165) is 56.7 Å². The van der Waals surface area contributed by atoms with Crippen molar-refractivity contribution in [1.29, 1.82) is 0 Å². The number of pyridine rings is 1. The Bertz CT molecular complexity index is 573. The third kappa shape index (κ3) is 3.78. The highest BCUT2D eigenvalue weighted by molar-refractivity contribution is 5.78. The quantitative estimate of drug-likeness (QED) is 0.831. The molecule has 1 unspecified atom stereocenters. The van der Waals surface area contributed by atoms with Crippen molar-refractivity contribution in [3.05, 3.63) is 29.6 Å². The molecule has 2 saturated heterocycles. The number of hydrogen-bond acceptors (Lipinski definition) is 4. The molecule has 2 aliphatic rings. The first-order valence-corrected chi connectivity index (χ1v) is 9.07. The second-order valence-corrected chi connectivity index (χ2v) is 7.20. The number of carbonyl (C=O) groups excluding carboxylic acids is 1. The molecule has 5 heteroatoms. The van der Waals surface area contributed by atoms with E-state index in [2.05, 4.69) is 26.9 Å². The highest BCUT2D eigenvalue weighted by Gasteiger charge is 2.44. The van der Waals surface area contributed by atoms with Crippen molar-refractivity contribution in [3.8, 4) is 0 Å². The minimum atomic E-state index is -0.00403. The largest absolute Gasteiger partial charge is 0.383 e. The molecule has 1 amide bonds. The fourth-order valence-electron chi connectivity index (χ4n) is 4.33. The van der Waals surface area contributed by atoms with E-state index in [1.165, 1.54) is 0 Å². The fraction of sp³-hybridized carbons (Fsp3) is 0.684. The van der Waals surface area contributed by atoms with Crippen LogP contribution in [0.1, 0.15) is 43.5 Å². The van der Waals surface area contributed by atoms with Crippen LogP contribution < -0.4 is 0 Å². The maximum atomic E-state index is 12.5. The molecule has 24 heavy (non-hydrogen) atoms. The highest BCUT2D eigenvalue weighted by Crippen LogP contribution is 2.36. The van der Waals surface area contributed by atoms with Gasteiger partial charge in [0.1, 0.15) is 0 Å². The summed E-state index contributed by atoms with van der Waals surface area (Å²) in [5.74, 6) is 0.300. The number of rotatable bonds is 5. The summed E-state index contributed by atoms with van der Waals surface area (Å²) in [6.45, 7) is 6.28. The van der Waals surface area contributed by atoms with Crippen LogP contribution in [0.15, 0.2) is 18.2 Å². The Hall–Kier alpha value is -1.46. The molecule has 0 bridgehead atoms. The van der Waals surface area contributed by atoms with Crippen LogP contribution in [-0.2, 0) is 16.1 Å². The zero-order valence-electron chi connectivity index (χ0n) is 15.0. The third-order valence-corrected chi connectivity index (χ3v) is 5.39. The van der Waals surface area contributed by atoms with Crippen molar-refractivity contribution >= 4 is 5.91 Å². The molecule has 1 spiro atoms. The Labute approximate surface area is 145 Å². The first kappa shape index (κ1) is 17.4. The molecule has 0 aromatic carbocycles. The molecule has 1 aromatic rings. The monoisotopic (exact) mass is 331 g/mol. The normalized spacial score (nSPS) is 25.4. The second kappa shape index (κ2) is 7.62. The number of aryl methyl sites for hydroxylation is 1. The SMILES string of the molecule is COCCN1C(=O)CCCC12CCCN(Cc1cccc(C)n1)C2. The Morgan fingerprint density at radius 2 is 2.12 bits per heavy atom. The lowest BCUT2D eigenvalue weighted by Gasteiger charge is -2.52. The Morgan fingerprint density at radius 3 is 2.92 bits per heavy atom. The van der Waals surface area contributed by atoms with Gasteiger partial charge in [-0.3, -0.25) is 14.7 Å². The molecule has 0 N–H and O–H groups in total. The van der Waals surface area contributed by atoms with Crippen molar-refractivity contribution < 1.29 is 9.53 Å². The minimum Gasteiger partial charge on any atom is -0.383 e. The van der Waals surface area contributed by atoms with Gasteiger partial charge >= 0.3 is 0 Å². The van der Waals surface area contributed by atoms with Crippen LogP contribution in [0, 0.1) is 6.92 Å². The number of piperidine rings is 2. The molecular formula is C19H29N3O2. The summed E-state index contributed by atoms with van der Waals surface area (Å²) in [6, 6.07) is 6.21. The van der Waals surface area contributed by atoms with Gasteiger partial charge in [0.2, 0.25) is 5.91 Å². The van der Waals surface area contributed by atoms with E-state index in [4.69, 9.17) is 4.74 Å². The molecule has 3 heterocycles. The van der Waals surface area contributed by atoms with Crippen LogP contribution in [0.2, 0.25) is 0 Å². The third-order valence-electron chi connectivity index (χ3n) is 5.39. The number of ether oxygens (including phenoxy) is 1. The molecule has 0 aliphatic carbocycles. The van der Waals surface area contributed by atoms with E-state index < -0.39 is 0 Å². The predicted molar refractivity (Wildman–Crippen MR) is 93.7 cm³/mol. The van der Waals surface area contributed by atoms with E-state index >= 15 is 0 Å². The van der Waals surface area contributed by atoms with Crippen LogP contribution in [0.25, 0.3) is 0 Å². The summed E-state index contributed by atoms with van der Waals surface area (Å²) in [7, 11) is 1.71. The lowest BCUT2D eigenvalue weighted by Crippen LogP contribution is -2.62. The molecule has 0 saturated carbocycles. The predicted octanol–water partition coefficient (Wildman–Crippen LogP) is 2.38. The first-order chi connectivity index (χ1) is 11.6. The molecule has 1 aromatic heterocycles. The van der Waals surface area contributed by atoms with Gasteiger partial charge in [-0.2, -0.15) is 0 Å². The van der Waals surface area contributed by atoms with Gasteiger partial charge in [-0.15, -0.1) is 0 Å². The zero-order valence-corrected chi connectivity index (χ0v) is 15.0. The number of nitrogens with zero attached hydrogens (tertiary/aromatic N) is 3. The average molecular weight is 331 g/mol. The smallest absolute Gasteiger partial charge is 0.223 e. The molecule has 5 nitrogen and oxygen atoms in total. The van der Waals surface area contributed by atoms with E-state index in [9.17, 15) is 4.79 Å². The number of aromatic nitrogens is 1. The second-order valence-electron chi connectivity index (χ2n) is 7.20. The first-order valence-electron chi connectivity index (χ1n) is 9.07. The maximum Gasteiger partial charge on any atom is 0.223 e. The molecule has 1 atom stereocenters. The zero-order chi connectivity index (χ0) is 17.0. The molecular weight excluding hydrogens is 302 g/mol.